The number of halogens is 6. The third-order valence-electron chi connectivity index (χ3n) is 4.46. The molecule has 0 N–H and O–H groups in total. The monoisotopic (exact) mass is 382 g/mol. The Hall–Kier alpha value is -3.24. The van der Waals surface area contributed by atoms with Crippen molar-refractivity contribution in [3.8, 4) is 24.3 Å². The van der Waals surface area contributed by atoms with Crippen LogP contribution in [0.5, 0.6) is 0 Å². The first-order valence-electron chi connectivity index (χ1n) is 7.45. The van der Waals surface area contributed by atoms with Crippen molar-refractivity contribution >= 4 is 0 Å². The van der Waals surface area contributed by atoms with E-state index in [2.05, 4.69) is 0 Å². The van der Waals surface area contributed by atoms with Crippen LogP contribution in [-0.2, 0) is 0 Å². The molecule has 0 saturated heterocycles. The van der Waals surface area contributed by atoms with Crippen molar-refractivity contribution in [3.63, 3.8) is 0 Å². The highest BCUT2D eigenvalue weighted by Crippen LogP contribution is 2.51. The van der Waals surface area contributed by atoms with Gasteiger partial charge in [0.15, 0.2) is 12.0 Å². The molecule has 138 valence electrons. The lowest BCUT2D eigenvalue weighted by atomic mass is 9.75. The van der Waals surface area contributed by atoms with Crippen molar-refractivity contribution in [2.45, 2.75) is 18.8 Å². The molecule has 2 aliphatic rings. The molecule has 10 heteroatoms. The number of hydrogen-bond donors (Lipinski definition) is 0. The minimum absolute atomic E-state index is 1.18. The van der Waals surface area contributed by atoms with E-state index in [9.17, 15) is 26.3 Å². The van der Waals surface area contributed by atoms with Gasteiger partial charge < -0.3 is 0 Å². The van der Waals surface area contributed by atoms with Gasteiger partial charge in [0.25, 0.3) is 0 Å². The van der Waals surface area contributed by atoms with Gasteiger partial charge in [-0.3, -0.25) is 0 Å². The van der Waals surface area contributed by atoms with E-state index >= 15 is 0 Å². The molecule has 0 aromatic heterocycles. The molecule has 0 aliphatic heterocycles. The molecular formula is C17H8F6N4. The Labute approximate surface area is 149 Å². The van der Waals surface area contributed by atoms with Crippen molar-refractivity contribution in [2.75, 3.05) is 0 Å². The maximum Gasteiger partial charge on any atom is 0.164 e. The fourth-order valence-corrected chi connectivity index (χ4v) is 3.09. The minimum Gasteiger partial charge on any atom is -0.243 e. The van der Waals surface area contributed by atoms with Gasteiger partial charge in [0.05, 0.1) is 35.8 Å². The van der Waals surface area contributed by atoms with Gasteiger partial charge in [-0.15, -0.1) is 0 Å². The van der Waals surface area contributed by atoms with Gasteiger partial charge in [-0.1, -0.05) is 0 Å². The third kappa shape index (κ3) is 3.04. The summed E-state index contributed by atoms with van der Waals surface area (Å²) in [5, 5.41) is 35.4. The number of fused-ring (bicyclic) bond motifs is 1. The molecule has 0 aromatic carbocycles. The molecule has 4 atom stereocenters. The summed E-state index contributed by atoms with van der Waals surface area (Å²) in [6, 6.07) is 5.12. The lowest BCUT2D eigenvalue weighted by Gasteiger charge is -2.32. The summed E-state index contributed by atoms with van der Waals surface area (Å²) >= 11 is 0. The predicted molar refractivity (Wildman–Crippen MR) is 76.3 cm³/mol. The zero-order valence-electron chi connectivity index (χ0n) is 13.2. The van der Waals surface area contributed by atoms with Crippen LogP contribution < -0.4 is 0 Å². The summed E-state index contributed by atoms with van der Waals surface area (Å²) in [5.74, 6) is -15.7. The minimum atomic E-state index is -3.04. The van der Waals surface area contributed by atoms with Gasteiger partial charge in [0, 0.05) is 17.9 Å². The van der Waals surface area contributed by atoms with Crippen molar-refractivity contribution in [3.05, 3.63) is 34.5 Å². The SMILES string of the molecule is N#CC(C#N)C1CC(F)=C(F)C2=C(F)C(C(C#N)C#N)C(F)C(F)C2=C1F. The topological polar surface area (TPSA) is 95.2 Å². The molecule has 27 heavy (non-hydrogen) atoms. The van der Waals surface area contributed by atoms with Gasteiger partial charge in [-0.2, -0.15) is 21.0 Å². The Morgan fingerprint density at radius 2 is 1.33 bits per heavy atom. The lowest BCUT2D eigenvalue weighted by molar-refractivity contribution is 0.112. The molecule has 0 aromatic rings. The second-order valence-corrected chi connectivity index (χ2v) is 5.86. The molecule has 0 heterocycles. The van der Waals surface area contributed by atoms with E-state index in [-0.39, 0.29) is 0 Å². The van der Waals surface area contributed by atoms with Crippen LogP contribution in [0.1, 0.15) is 6.42 Å². The molecule has 4 unspecified atom stereocenters. The van der Waals surface area contributed by atoms with E-state index < -0.39 is 76.9 Å². The first-order chi connectivity index (χ1) is 12.7. The molecule has 0 radical (unpaired) electrons. The molecule has 0 fully saturated rings. The van der Waals surface area contributed by atoms with E-state index in [1.165, 1.54) is 24.3 Å². The Bertz CT molecular complexity index is 895. The number of nitriles is 4. The summed E-state index contributed by atoms with van der Waals surface area (Å²) in [7, 11) is 0. The molecule has 0 amide bonds. The zero-order valence-corrected chi connectivity index (χ0v) is 13.2. The van der Waals surface area contributed by atoms with Crippen molar-refractivity contribution in [1.82, 2.24) is 0 Å². The van der Waals surface area contributed by atoms with E-state index in [1.54, 1.807) is 0 Å². The largest absolute Gasteiger partial charge is 0.243 e. The second kappa shape index (κ2) is 7.56. The van der Waals surface area contributed by atoms with Gasteiger partial charge in [0.2, 0.25) is 0 Å². The molecule has 0 saturated carbocycles. The predicted octanol–water partition coefficient (Wildman–Crippen LogP) is 4.24. The normalized spacial score (nSPS) is 28.3. The van der Waals surface area contributed by atoms with Crippen LogP contribution in [0.15, 0.2) is 34.5 Å². The van der Waals surface area contributed by atoms with Crippen LogP contribution in [0.2, 0.25) is 0 Å². The highest BCUT2D eigenvalue weighted by atomic mass is 19.2. The van der Waals surface area contributed by atoms with Crippen LogP contribution in [0.4, 0.5) is 26.3 Å². The number of alkyl halides is 2. The smallest absolute Gasteiger partial charge is 0.164 e. The maximum absolute atomic E-state index is 14.8. The van der Waals surface area contributed by atoms with Gasteiger partial charge in [-0.05, 0) is 0 Å². The van der Waals surface area contributed by atoms with E-state index in [0.717, 1.165) is 0 Å². The summed E-state index contributed by atoms with van der Waals surface area (Å²) < 4.78 is 86.9. The van der Waals surface area contributed by atoms with Crippen molar-refractivity contribution < 1.29 is 26.3 Å². The Morgan fingerprint density at radius 3 is 1.81 bits per heavy atom. The van der Waals surface area contributed by atoms with Crippen LogP contribution in [0.3, 0.4) is 0 Å². The molecule has 4 nitrogen and oxygen atoms in total. The fourth-order valence-electron chi connectivity index (χ4n) is 3.09. The third-order valence-corrected chi connectivity index (χ3v) is 4.46. The first kappa shape index (κ1) is 20.1. The van der Waals surface area contributed by atoms with Crippen LogP contribution >= 0.6 is 0 Å². The number of allylic oxidation sites excluding steroid dienone is 6. The van der Waals surface area contributed by atoms with Gasteiger partial charge in [0.1, 0.15) is 35.5 Å². The summed E-state index contributed by atoms with van der Waals surface area (Å²) in [6.45, 7) is 0. The summed E-state index contributed by atoms with van der Waals surface area (Å²) in [5.41, 5.74) is -3.04. The Kier molecular flexibility index (Phi) is 5.62. The number of nitrogens with zero attached hydrogens (tertiary/aromatic N) is 4. The Morgan fingerprint density at radius 1 is 0.815 bits per heavy atom. The average Bonchev–Trinajstić information content (AvgIpc) is 2.75. The maximum atomic E-state index is 14.8. The molecular weight excluding hydrogens is 374 g/mol. The highest BCUT2D eigenvalue weighted by Gasteiger charge is 2.51. The van der Waals surface area contributed by atoms with Crippen molar-refractivity contribution in [2.24, 2.45) is 23.7 Å². The number of hydrogen-bond acceptors (Lipinski definition) is 4. The molecule has 2 aliphatic carbocycles. The van der Waals surface area contributed by atoms with E-state index in [1.807, 2.05) is 0 Å². The first-order valence-corrected chi connectivity index (χ1v) is 7.45. The standard InChI is InChI=1S/C17H8F6N4/c18-9-1-8(6(2-24)3-25)13(19)11-12(14(9)20)15(21)10(7(4-26)5-27)16(22)17(11)23/h6-8,10,16-17H,1H2. The van der Waals surface area contributed by atoms with Gasteiger partial charge >= 0.3 is 0 Å². The van der Waals surface area contributed by atoms with Crippen LogP contribution in [-0.4, -0.2) is 12.3 Å². The zero-order chi connectivity index (χ0) is 20.5. The van der Waals surface area contributed by atoms with E-state index in [4.69, 9.17) is 21.0 Å². The fraction of sp³-hybridized carbons (Fsp3) is 0.412. The summed E-state index contributed by atoms with van der Waals surface area (Å²) in [4.78, 5) is 0. The molecule has 0 bridgehead atoms. The lowest BCUT2D eigenvalue weighted by Crippen LogP contribution is -2.39. The highest BCUT2D eigenvalue weighted by molar-refractivity contribution is 5.55. The van der Waals surface area contributed by atoms with E-state index in [0.29, 0.717) is 0 Å². The molecule has 2 rings (SSSR count). The quantitative estimate of drug-likeness (QED) is 0.668. The molecule has 0 spiro atoms. The average molecular weight is 382 g/mol. The summed E-state index contributed by atoms with van der Waals surface area (Å²) in [6.07, 6.45) is -7.15. The Balaban J connectivity index is 2.85. The van der Waals surface area contributed by atoms with Crippen LogP contribution in [0, 0.1) is 69.0 Å². The van der Waals surface area contributed by atoms with Gasteiger partial charge in [-0.25, -0.2) is 26.3 Å². The van der Waals surface area contributed by atoms with Crippen molar-refractivity contribution in [1.29, 1.82) is 21.0 Å². The number of rotatable bonds is 2. The second-order valence-electron chi connectivity index (χ2n) is 5.86. The van der Waals surface area contributed by atoms with Crippen LogP contribution in [0.25, 0.3) is 0 Å².